The van der Waals surface area contributed by atoms with E-state index in [2.05, 4.69) is 0 Å². The van der Waals surface area contributed by atoms with Crippen LogP contribution in [0.4, 0.5) is 0 Å². The Labute approximate surface area is 100 Å². The summed E-state index contributed by atoms with van der Waals surface area (Å²) in [7, 11) is 0. The molecule has 1 aromatic rings. The summed E-state index contributed by atoms with van der Waals surface area (Å²) in [6, 6.07) is 3.06. The van der Waals surface area contributed by atoms with E-state index in [4.69, 9.17) is 0 Å². The van der Waals surface area contributed by atoms with Crippen molar-refractivity contribution in [1.29, 1.82) is 0 Å². The zero-order valence-electron chi connectivity index (χ0n) is 9.43. The molecule has 16 heavy (non-hydrogen) atoms. The minimum atomic E-state index is 0.154. The van der Waals surface area contributed by atoms with Gasteiger partial charge in [-0.2, -0.15) is 11.8 Å². The molecule has 1 saturated carbocycles. The molecular weight excluding hydrogens is 222 g/mol. The fourth-order valence-corrected chi connectivity index (χ4v) is 3.51. The number of hydrogen-bond donors (Lipinski definition) is 2. The molecule has 0 radical (unpaired) electrons. The van der Waals surface area contributed by atoms with Crippen LogP contribution >= 0.6 is 11.8 Å². The summed E-state index contributed by atoms with van der Waals surface area (Å²) >= 11 is 1.97. The Hall–Kier alpha value is -0.770. The maximum atomic E-state index is 9.46. The van der Waals surface area contributed by atoms with Gasteiger partial charge >= 0.3 is 0 Å². The summed E-state index contributed by atoms with van der Waals surface area (Å²) in [5.41, 5.74) is 0. The lowest BCUT2D eigenvalue weighted by Gasteiger charge is -2.21. The van der Waals surface area contributed by atoms with Crippen molar-refractivity contribution in [2.45, 2.75) is 43.9 Å². The number of aromatic hydroxyl groups is 2. The van der Waals surface area contributed by atoms with Gasteiger partial charge in [0.1, 0.15) is 0 Å². The first kappa shape index (κ1) is 11.7. The smallest absolute Gasteiger partial charge is 0.193 e. The SMILES string of the molecule is Oc1ccc(O)n1CCSC1CCCCC1. The van der Waals surface area contributed by atoms with Crippen molar-refractivity contribution < 1.29 is 10.2 Å². The largest absolute Gasteiger partial charge is 0.494 e. The topological polar surface area (TPSA) is 45.4 Å². The van der Waals surface area contributed by atoms with Gasteiger partial charge in [0.2, 0.25) is 0 Å². The maximum Gasteiger partial charge on any atom is 0.193 e. The average Bonchev–Trinajstić information content (AvgIpc) is 2.62. The summed E-state index contributed by atoms with van der Waals surface area (Å²) in [6.45, 7) is 0.686. The first-order chi connectivity index (χ1) is 7.77. The Morgan fingerprint density at radius 2 is 1.75 bits per heavy atom. The van der Waals surface area contributed by atoms with Gasteiger partial charge in [-0.3, -0.25) is 4.57 Å². The highest BCUT2D eigenvalue weighted by Crippen LogP contribution is 2.29. The van der Waals surface area contributed by atoms with Crippen LogP contribution in [0.1, 0.15) is 32.1 Å². The molecule has 1 aliphatic carbocycles. The van der Waals surface area contributed by atoms with Crippen molar-refractivity contribution in [2.24, 2.45) is 0 Å². The van der Waals surface area contributed by atoms with E-state index in [0.29, 0.717) is 6.54 Å². The summed E-state index contributed by atoms with van der Waals surface area (Å²) in [5.74, 6) is 1.27. The molecule has 4 heteroatoms. The third-order valence-electron chi connectivity index (χ3n) is 3.16. The zero-order valence-corrected chi connectivity index (χ0v) is 10.2. The predicted molar refractivity (Wildman–Crippen MR) is 67.1 cm³/mol. The van der Waals surface area contributed by atoms with Crippen molar-refractivity contribution >= 4 is 11.8 Å². The van der Waals surface area contributed by atoms with Crippen LogP contribution in [0.15, 0.2) is 12.1 Å². The standard InChI is InChI=1S/C12H19NO2S/c14-11-6-7-12(15)13(11)8-9-16-10-4-2-1-3-5-10/h6-7,10,14-15H,1-5,8-9H2. The third-order valence-corrected chi connectivity index (χ3v) is 4.52. The average molecular weight is 241 g/mol. The Morgan fingerprint density at radius 1 is 1.12 bits per heavy atom. The van der Waals surface area contributed by atoms with E-state index in [1.165, 1.54) is 44.2 Å². The van der Waals surface area contributed by atoms with Gasteiger partial charge in [0, 0.05) is 29.7 Å². The van der Waals surface area contributed by atoms with Crippen molar-refractivity contribution in [3.05, 3.63) is 12.1 Å². The van der Waals surface area contributed by atoms with Crippen LogP contribution in [0.2, 0.25) is 0 Å². The van der Waals surface area contributed by atoms with Crippen molar-refractivity contribution in [3.8, 4) is 11.8 Å². The Bertz CT molecular complexity index is 312. The molecule has 0 amide bonds. The molecule has 90 valence electrons. The Kier molecular flexibility index (Phi) is 4.04. The van der Waals surface area contributed by atoms with E-state index in [-0.39, 0.29) is 11.8 Å². The molecule has 2 N–H and O–H groups in total. The Morgan fingerprint density at radius 3 is 2.38 bits per heavy atom. The van der Waals surface area contributed by atoms with Crippen LogP contribution in [0.5, 0.6) is 11.8 Å². The minimum absolute atomic E-state index is 0.154. The van der Waals surface area contributed by atoms with Gasteiger partial charge in [0.15, 0.2) is 11.8 Å². The minimum Gasteiger partial charge on any atom is -0.494 e. The van der Waals surface area contributed by atoms with Crippen LogP contribution in [-0.2, 0) is 6.54 Å². The molecule has 1 aliphatic rings. The molecule has 2 rings (SSSR count). The summed E-state index contributed by atoms with van der Waals surface area (Å²) in [6.07, 6.45) is 6.76. The number of nitrogens with zero attached hydrogens (tertiary/aromatic N) is 1. The van der Waals surface area contributed by atoms with E-state index in [0.717, 1.165) is 11.0 Å². The first-order valence-electron chi connectivity index (χ1n) is 5.96. The lowest BCUT2D eigenvalue weighted by atomic mass is 10.0. The molecule has 0 saturated heterocycles. The fraction of sp³-hybridized carbons (Fsp3) is 0.667. The van der Waals surface area contributed by atoms with Gasteiger partial charge < -0.3 is 10.2 Å². The second kappa shape index (κ2) is 5.53. The molecule has 0 bridgehead atoms. The van der Waals surface area contributed by atoms with Gasteiger partial charge in [-0.1, -0.05) is 19.3 Å². The Balaban J connectivity index is 1.75. The highest BCUT2D eigenvalue weighted by atomic mass is 32.2. The summed E-state index contributed by atoms with van der Waals surface area (Å²) in [4.78, 5) is 0. The van der Waals surface area contributed by atoms with Crippen LogP contribution in [0.25, 0.3) is 0 Å². The third kappa shape index (κ3) is 2.88. The number of aromatic nitrogens is 1. The summed E-state index contributed by atoms with van der Waals surface area (Å²) < 4.78 is 1.55. The zero-order chi connectivity index (χ0) is 11.4. The second-order valence-electron chi connectivity index (χ2n) is 4.33. The van der Waals surface area contributed by atoms with Crippen molar-refractivity contribution in [1.82, 2.24) is 4.57 Å². The molecule has 1 aromatic heterocycles. The van der Waals surface area contributed by atoms with E-state index in [1.807, 2.05) is 11.8 Å². The predicted octanol–water partition coefficient (Wildman–Crippen LogP) is 2.97. The van der Waals surface area contributed by atoms with Gasteiger partial charge in [0.25, 0.3) is 0 Å². The second-order valence-corrected chi connectivity index (χ2v) is 5.74. The molecular formula is C12H19NO2S. The van der Waals surface area contributed by atoms with E-state index in [9.17, 15) is 10.2 Å². The summed E-state index contributed by atoms with van der Waals surface area (Å²) in [5, 5.41) is 19.7. The van der Waals surface area contributed by atoms with Crippen molar-refractivity contribution in [2.75, 3.05) is 5.75 Å². The van der Waals surface area contributed by atoms with Crippen LogP contribution in [-0.4, -0.2) is 25.8 Å². The molecule has 0 aromatic carbocycles. The molecule has 0 unspecified atom stereocenters. The molecule has 0 aliphatic heterocycles. The normalized spacial score (nSPS) is 17.8. The van der Waals surface area contributed by atoms with E-state index in [1.54, 1.807) is 4.57 Å². The monoisotopic (exact) mass is 241 g/mol. The first-order valence-corrected chi connectivity index (χ1v) is 7.01. The van der Waals surface area contributed by atoms with E-state index >= 15 is 0 Å². The van der Waals surface area contributed by atoms with Crippen molar-refractivity contribution in [3.63, 3.8) is 0 Å². The van der Waals surface area contributed by atoms with E-state index < -0.39 is 0 Å². The molecule has 0 spiro atoms. The van der Waals surface area contributed by atoms with Gasteiger partial charge in [-0.25, -0.2) is 0 Å². The number of hydrogen-bond acceptors (Lipinski definition) is 3. The lowest BCUT2D eigenvalue weighted by Crippen LogP contribution is -2.10. The molecule has 1 fully saturated rings. The fourth-order valence-electron chi connectivity index (χ4n) is 2.22. The highest BCUT2D eigenvalue weighted by Gasteiger charge is 2.14. The van der Waals surface area contributed by atoms with Crippen LogP contribution in [0.3, 0.4) is 0 Å². The van der Waals surface area contributed by atoms with Crippen LogP contribution in [0, 0.1) is 0 Å². The van der Waals surface area contributed by atoms with Gasteiger partial charge in [0.05, 0.1) is 0 Å². The lowest BCUT2D eigenvalue weighted by molar-refractivity contribution is 0.374. The quantitative estimate of drug-likeness (QED) is 0.852. The number of rotatable bonds is 4. The molecule has 0 atom stereocenters. The van der Waals surface area contributed by atoms with Gasteiger partial charge in [-0.15, -0.1) is 0 Å². The number of thioether (sulfide) groups is 1. The molecule has 3 nitrogen and oxygen atoms in total. The van der Waals surface area contributed by atoms with Crippen LogP contribution < -0.4 is 0 Å². The molecule has 1 heterocycles. The maximum absolute atomic E-state index is 9.46. The van der Waals surface area contributed by atoms with Gasteiger partial charge in [-0.05, 0) is 12.8 Å². The highest BCUT2D eigenvalue weighted by molar-refractivity contribution is 7.99.